The molecule has 112 valence electrons. The normalized spacial score (nSPS) is 21.1. The van der Waals surface area contributed by atoms with Gasteiger partial charge in [-0.1, -0.05) is 0 Å². The fourth-order valence-corrected chi connectivity index (χ4v) is 2.50. The second kappa shape index (κ2) is 5.44. The summed E-state index contributed by atoms with van der Waals surface area (Å²) in [5.41, 5.74) is -1.73. The lowest BCUT2D eigenvalue weighted by Gasteiger charge is -2.22. The number of carboxylic acids is 1. The minimum Gasteiger partial charge on any atom is -0.481 e. The van der Waals surface area contributed by atoms with E-state index in [2.05, 4.69) is 5.32 Å². The Morgan fingerprint density at radius 3 is 2.52 bits per heavy atom. The average Bonchev–Trinajstić information content (AvgIpc) is 2.88. The summed E-state index contributed by atoms with van der Waals surface area (Å²) in [4.78, 5) is 31.8. The summed E-state index contributed by atoms with van der Waals surface area (Å²) in [6, 6.07) is 3.28. The quantitative estimate of drug-likeness (QED) is 0.613. The molecule has 0 bridgehead atoms. The van der Waals surface area contributed by atoms with Crippen molar-refractivity contribution in [2.24, 2.45) is 5.41 Å². The maximum Gasteiger partial charge on any atom is 0.311 e. The van der Waals surface area contributed by atoms with Crippen LogP contribution in [0.25, 0.3) is 0 Å². The van der Waals surface area contributed by atoms with E-state index >= 15 is 0 Å². The van der Waals surface area contributed by atoms with E-state index in [1.807, 2.05) is 0 Å². The number of nitrogens with one attached hydrogen (secondary N) is 1. The number of benzene rings is 1. The summed E-state index contributed by atoms with van der Waals surface area (Å²) < 4.78 is 0. The fourth-order valence-electron chi connectivity index (χ4n) is 2.50. The molecule has 1 heterocycles. The highest BCUT2D eigenvalue weighted by molar-refractivity contribution is 5.76. The van der Waals surface area contributed by atoms with Gasteiger partial charge in [-0.15, -0.1) is 0 Å². The third-order valence-electron chi connectivity index (χ3n) is 3.70. The van der Waals surface area contributed by atoms with Crippen molar-refractivity contribution in [1.82, 2.24) is 5.32 Å². The molecular weight excluding hydrogens is 282 g/mol. The van der Waals surface area contributed by atoms with E-state index in [-0.39, 0.29) is 24.2 Å². The minimum absolute atomic E-state index is 0.0381. The maximum atomic E-state index is 11.5. The van der Waals surface area contributed by atoms with Gasteiger partial charge in [-0.05, 0) is 25.5 Å². The van der Waals surface area contributed by atoms with Crippen LogP contribution in [-0.2, 0) is 11.2 Å². The van der Waals surface area contributed by atoms with Gasteiger partial charge in [0.05, 0.1) is 21.3 Å². The van der Waals surface area contributed by atoms with Gasteiger partial charge >= 0.3 is 5.97 Å². The molecule has 1 unspecified atom stereocenters. The Morgan fingerprint density at radius 2 is 2.05 bits per heavy atom. The van der Waals surface area contributed by atoms with Crippen molar-refractivity contribution in [3.05, 3.63) is 44.0 Å². The highest BCUT2D eigenvalue weighted by Gasteiger charge is 2.42. The molecule has 0 spiro atoms. The summed E-state index contributed by atoms with van der Waals surface area (Å²) in [7, 11) is 0. The molecule has 9 nitrogen and oxygen atoms in total. The Hall–Kier alpha value is -2.55. The number of carbonyl (C=O) groups is 1. The first-order chi connectivity index (χ1) is 9.85. The Kier molecular flexibility index (Phi) is 3.85. The summed E-state index contributed by atoms with van der Waals surface area (Å²) in [5, 5.41) is 34.1. The van der Waals surface area contributed by atoms with Gasteiger partial charge in [0.15, 0.2) is 0 Å². The predicted molar refractivity (Wildman–Crippen MR) is 71.0 cm³/mol. The van der Waals surface area contributed by atoms with Gasteiger partial charge in [-0.3, -0.25) is 25.0 Å². The molecule has 0 saturated carbocycles. The second-order valence-corrected chi connectivity index (χ2v) is 5.02. The average molecular weight is 295 g/mol. The molecule has 1 aliphatic rings. The van der Waals surface area contributed by atoms with Crippen LogP contribution in [0.4, 0.5) is 11.4 Å². The van der Waals surface area contributed by atoms with Crippen LogP contribution in [0.15, 0.2) is 18.2 Å². The minimum atomic E-state index is -1.11. The first kappa shape index (κ1) is 14.9. The molecule has 9 heteroatoms. The monoisotopic (exact) mass is 295 g/mol. The number of hydrogen-bond acceptors (Lipinski definition) is 6. The molecule has 2 rings (SSSR count). The van der Waals surface area contributed by atoms with Crippen LogP contribution in [0.5, 0.6) is 0 Å². The van der Waals surface area contributed by atoms with Crippen molar-refractivity contribution in [3.8, 4) is 0 Å². The van der Waals surface area contributed by atoms with E-state index in [4.69, 9.17) is 0 Å². The lowest BCUT2D eigenvalue weighted by atomic mass is 9.80. The first-order valence-electron chi connectivity index (χ1n) is 6.21. The van der Waals surface area contributed by atoms with Crippen molar-refractivity contribution in [3.63, 3.8) is 0 Å². The number of aliphatic carboxylic acids is 1. The van der Waals surface area contributed by atoms with Gasteiger partial charge in [0, 0.05) is 18.2 Å². The van der Waals surface area contributed by atoms with Gasteiger partial charge in [0.25, 0.3) is 11.4 Å². The largest absolute Gasteiger partial charge is 0.481 e. The maximum absolute atomic E-state index is 11.5. The molecule has 1 aliphatic heterocycles. The molecule has 0 aromatic heterocycles. The van der Waals surface area contributed by atoms with E-state index in [0.717, 1.165) is 12.1 Å². The number of nitro groups is 2. The molecule has 1 saturated heterocycles. The number of hydrogen-bond donors (Lipinski definition) is 2. The van der Waals surface area contributed by atoms with Crippen molar-refractivity contribution in [2.75, 3.05) is 13.1 Å². The van der Waals surface area contributed by atoms with E-state index < -0.39 is 26.9 Å². The number of carboxylic acid groups (broad SMARTS) is 1. The Morgan fingerprint density at radius 1 is 1.33 bits per heavy atom. The molecule has 1 atom stereocenters. The van der Waals surface area contributed by atoms with Crippen LogP contribution in [0.1, 0.15) is 12.0 Å². The Bertz CT molecular complexity index is 609. The van der Waals surface area contributed by atoms with Crippen LogP contribution >= 0.6 is 0 Å². The Labute approximate surface area is 118 Å². The molecule has 1 fully saturated rings. The predicted octanol–water partition coefficient (Wildman–Crippen LogP) is 1.11. The van der Waals surface area contributed by atoms with Gasteiger partial charge in [-0.2, -0.15) is 0 Å². The molecule has 0 amide bonds. The van der Waals surface area contributed by atoms with E-state index in [9.17, 15) is 30.1 Å². The van der Waals surface area contributed by atoms with Crippen LogP contribution in [0, 0.1) is 25.6 Å². The number of nitrogens with zero attached hydrogens (tertiary/aromatic N) is 2. The molecule has 0 aliphatic carbocycles. The van der Waals surface area contributed by atoms with Crippen LogP contribution < -0.4 is 5.32 Å². The van der Waals surface area contributed by atoms with Crippen LogP contribution in [-0.4, -0.2) is 34.0 Å². The molecule has 0 radical (unpaired) electrons. The van der Waals surface area contributed by atoms with Crippen LogP contribution in [0.2, 0.25) is 0 Å². The highest BCUT2D eigenvalue weighted by Crippen LogP contribution is 2.35. The SMILES string of the molecule is O=C(O)C1(Cc2ccc([N+](=O)[O-])cc2[N+](=O)[O-])CCNC1. The van der Waals surface area contributed by atoms with Crippen LogP contribution in [0.3, 0.4) is 0 Å². The van der Waals surface area contributed by atoms with Crippen molar-refractivity contribution in [1.29, 1.82) is 0 Å². The molecular formula is C12H13N3O6. The van der Waals surface area contributed by atoms with Gasteiger partial charge in [0.2, 0.25) is 0 Å². The third-order valence-corrected chi connectivity index (χ3v) is 3.70. The summed E-state index contributed by atoms with van der Waals surface area (Å²) in [6.07, 6.45) is 0.320. The lowest BCUT2D eigenvalue weighted by molar-refractivity contribution is -0.394. The standard InChI is InChI=1S/C12H13N3O6/c16-11(17)12(3-4-13-7-12)6-8-1-2-9(14(18)19)5-10(8)15(20)21/h1-2,5,13H,3-4,6-7H2,(H,16,17). The molecule has 21 heavy (non-hydrogen) atoms. The topological polar surface area (TPSA) is 136 Å². The zero-order chi connectivity index (χ0) is 15.6. The summed E-state index contributed by atoms with van der Waals surface area (Å²) in [5.74, 6) is -1.03. The second-order valence-electron chi connectivity index (χ2n) is 5.02. The number of nitro benzene ring substituents is 2. The van der Waals surface area contributed by atoms with Gasteiger partial charge in [0.1, 0.15) is 0 Å². The van der Waals surface area contributed by atoms with Gasteiger partial charge in [-0.25, -0.2) is 0 Å². The van der Waals surface area contributed by atoms with E-state index in [1.54, 1.807) is 0 Å². The fraction of sp³-hybridized carbons (Fsp3) is 0.417. The number of non-ortho nitro benzene ring substituents is 1. The molecule has 2 N–H and O–H groups in total. The zero-order valence-electron chi connectivity index (χ0n) is 10.9. The highest BCUT2D eigenvalue weighted by atomic mass is 16.6. The van der Waals surface area contributed by atoms with Crippen molar-refractivity contribution < 1.29 is 19.7 Å². The molecule has 1 aromatic carbocycles. The number of rotatable bonds is 5. The van der Waals surface area contributed by atoms with E-state index in [1.165, 1.54) is 6.07 Å². The smallest absolute Gasteiger partial charge is 0.311 e. The summed E-state index contributed by atoms with van der Waals surface area (Å²) >= 11 is 0. The zero-order valence-corrected chi connectivity index (χ0v) is 10.9. The van der Waals surface area contributed by atoms with Crippen molar-refractivity contribution in [2.45, 2.75) is 12.8 Å². The lowest BCUT2D eigenvalue weighted by Crippen LogP contribution is -2.35. The third kappa shape index (κ3) is 2.82. The van der Waals surface area contributed by atoms with E-state index in [0.29, 0.717) is 13.0 Å². The Balaban J connectivity index is 2.41. The van der Waals surface area contributed by atoms with Crippen molar-refractivity contribution >= 4 is 17.3 Å². The molecule has 1 aromatic rings. The first-order valence-corrected chi connectivity index (χ1v) is 6.21. The summed E-state index contributed by atoms with van der Waals surface area (Å²) in [6.45, 7) is 0.740. The van der Waals surface area contributed by atoms with Gasteiger partial charge < -0.3 is 10.4 Å².